The van der Waals surface area contributed by atoms with Crippen molar-refractivity contribution in [2.45, 2.75) is 26.2 Å². The van der Waals surface area contributed by atoms with Gasteiger partial charge < -0.3 is 21.7 Å². The number of hydrogen-bond donors (Lipinski definition) is 4. The lowest BCUT2D eigenvalue weighted by Gasteiger charge is -1.86. The van der Waals surface area contributed by atoms with Gasteiger partial charge >= 0.3 is 8.25 Å². The van der Waals surface area contributed by atoms with Crippen LogP contribution >= 0.6 is 8.25 Å². The van der Waals surface area contributed by atoms with Crippen LogP contribution in [0.4, 0.5) is 0 Å². The van der Waals surface area contributed by atoms with Gasteiger partial charge in [-0.25, -0.2) is 0 Å². The standard InChI is InChI=1S/C5H13N.H3N.H3O3P/c1-2-3-4-5-6;;1-4(2)3/h2-6H2,1H3;1H3;4H,(H2,1,2,3). The summed E-state index contributed by atoms with van der Waals surface area (Å²) in [5, 5.41) is 0. The fourth-order valence-corrected chi connectivity index (χ4v) is 0.394. The van der Waals surface area contributed by atoms with Crippen LogP contribution in [0.2, 0.25) is 0 Å². The topological polar surface area (TPSA) is 119 Å². The highest BCUT2D eigenvalue weighted by atomic mass is 31.1. The molecule has 0 heterocycles. The molecule has 7 N–H and O–H groups in total. The monoisotopic (exact) mass is 186 g/mol. The van der Waals surface area contributed by atoms with Gasteiger partial charge in [0.2, 0.25) is 0 Å². The lowest BCUT2D eigenvalue weighted by molar-refractivity contribution is 0.405. The Balaban J connectivity index is -0.000000114. The second-order valence-corrected chi connectivity index (χ2v) is 2.34. The summed E-state index contributed by atoms with van der Waals surface area (Å²) in [4.78, 5) is 14.3. The van der Waals surface area contributed by atoms with Gasteiger partial charge in [0.25, 0.3) is 0 Å². The van der Waals surface area contributed by atoms with E-state index in [9.17, 15) is 0 Å². The van der Waals surface area contributed by atoms with Crippen molar-refractivity contribution in [1.29, 1.82) is 0 Å². The molecule has 0 fully saturated rings. The van der Waals surface area contributed by atoms with Crippen LogP contribution in [-0.4, -0.2) is 16.3 Å². The third-order valence-electron chi connectivity index (χ3n) is 0.808. The van der Waals surface area contributed by atoms with Crippen LogP contribution in [0.25, 0.3) is 0 Å². The van der Waals surface area contributed by atoms with Gasteiger partial charge in [-0.15, -0.1) is 0 Å². The second-order valence-electron chi connectivity index (χ2n) is 1.78. The maximum absolute atomic E-state index is 8.74. The quantitative estimate of drug-likeness (QED) is 0.381. The fraction of sp³-hybridized carbons (Fsp3) is 1.00. The summed E-state index contributed by atoms with van der Waals surface area (Å²) < 4.78 is 8.74. The Labute approximate surface area is 68.1 Å². The average Bonchev–Trinajstić information content (AvgIpc) is 1.82. The maximum atomic E-state index is 8.74. The first kappa shape index (κ1) is 17.2. The molecule has 0 saturated carbocycles. The van der Waals surface area contributed by atoms with Gasteiger partial charge in [-0.3, -0.25) is 4.57 Å². The molecule has 0 aliphatic carbocycles. The van der Waals surface area contributed by atoms with Crippen LogP contribution in [0.15, 0.2) is 0 Å². The molecule has 11 heavy (non-hydrogen) atoms. The van der Waals surface area contributed by atoms with Gasteiger partial charge in [0.1, 0.15) is 0 Å². The summed E-state index contributed by atoms with van der Waals surface area (Å²) in [6, 6.07) is 0. The molecule has 0 aromatic carbocycles. The van der Waals surface area contributed by atoms with Crippen molar-refractivity contribution >= 4 is 8.25 Å². The number of rotatable bonds is 3. The lowest BCUT2D eigenvalue weighted by Crippen LogP contribution is -1.96. The Bertz CT molecular complexity index is 74.1. The lowest BCUT2D eigenvalue weighted by atomic mass is 10.3. The third-order valence-corrected chi connectivity index (χ3v) is 0.808. The Morgan fingerprint density at radius 1 is 1.36 bits per heavy atom. The number of hydrogen-bond acceptors (Lipinski definition) is 3. The average molecular weight is 186 g/mol. The second kappa shape index (κ2) is 16.6. The highest BCUT2D eigenvalue weighted by Gasteiger charge is 1.75. The summed E-state index contributed by atoms with van der Waals surface area (Å²) in [6.07, 6.45) is 3.75. The summed E-state index contributed by atoms with van der Waals surface area (Å²) in [7, 11) is -3.13. The molecule has 0 spiro atoms. The van der Waals surface area contributed by atoms with Gasteiger partial charge in [0.15, 0.2) is 0 Å². The van der Waals surface area contributed by atoms with E-state index < -0.39 is 8.25 Å². The van der Waals surface area contributed by atoms with Crippen molar-refractivity contribution in [3.63, 3.8) is 0 Å². The molecular weight excluding hydrogens is 167 g/mol. The molecule has 5 nitrogen and oxygen atoms in total. The number of nitrogens with two attached hydrogens (primary N) is 1. The molecular formula is C5H19N2O3P. The Morgan fingerprint density at radius 2 is 1.73 bits per heavy atom. The molecule has 0 atom stereocenters. The highest BCUT2D eigenvalue weighted by molar-refractivity contribution is 7.30. The van der Waals surface area contributed by atoms with E-state index in [0.29, 0.717) is 0 Å². The van der Waals surface area contributed by atoms with Crippen LogP contribution < -0.4 is 11.9 Å². The molecule has 0 aliphatic rings. The fourth-order valence-electron chi connectivity index (χ4n) is 0.394. The predicted molar refractivity (Wildman–Crippen MR) is 47.0 cm³/mol. The zero-order chi connectivity index (χ0) is 8.41. The molecule has 0 rings (SSSR count). The molecule has 0 unspecified atom stereocenters. The molecule has 0 aromatic rings. The number of unbranched alkanes of at least 4 members (excludes halogenated alkanes) is 2. The van der Waals surface area contributed by atoms with Crippen molar-refractivity contribution in [2.24, 2.45) is 5.73 Å². The molecule has 0 radical (unpaired) electrons. The van der Waals surface area contributed by atoms with E-state index in [4.69, 9.17) is 20.1 Å². The zero-order valence-electron chi connectivity index (χ0n) is 6.92. The maximum Gasteiger partial charge on any atom is 0.314 e. The van der Waals surface area contributed by atoms with Crippen LogP contribution in [0.1, 0.15) is 26.2 Å². The van der Waals surface area contributed by atoms with Crippen molar-refractivity contribution in [1.82, 2.24) is 6.15 Å². The van der Waals surface area contributed by atoms with Gasteiger partial charge in [0, 0.05) is 0 Å². The van der Waals surface area contributed by atoms with Crippen LogP contribution in [0.3, 0.4) is 0 Å². The van der Waals surface area contributed by atoms with E-state index in [1.54, 1.807) is 0 Å². The Hall–Kier alpha value is 0.0700. The van der Waals surface area contributed by atoms with E-state index in [0.717, 1.165) is 6.54 Å². The molecule has 0 aromatic heterocycles. The Kier molecular flexibility index (Phi) is 26.0. The molecule has 6 heteroatoms. The first-order valence-corrected chi connectivity index (χ1v) is 4.57. The first-order valence-electron chi connectivity index (χ1n) is 3.27. The molecule has 0 bridgehead atoms. The van der Waals surface area contributed by atoms with Crippen LogP contribution in [0, 0.1) is 0 Å². The van der Waals surface area contributed by atoms with Crippen LogP contribution in [0.5, 0.6) is 0 Å². The normalized spacial score (nSPS) is 8.09. The van der Waals surface area contributed by atoms with E-state index >= 15 is 0 Å². The molecule has 0 saturated heterocycles. The van der Waals surface area contributed by atoms with Crippen molar-refractivity contribution < 1.29 is 14.4 Å². The zero-order valence-corrected chi connectivity index (χ0v) is 7.92. The molecule has 72 valence electrons. The van der Waals surface area contributed by atoms with Gasteiger partial charge in [-0.05, 0) is 13.0 Å². The van der Waals surface area contributed by atoms with Crippen molar-refractivity contribution in [3.8, 4) is 0 Å². The highest BCUT2D eigenvalue weighted by Crippen LogP contribution is 1.98. The summed E-state index contributed by atoms with van der Waals surface area (Å²) in [5.74, 6) is 0. The molecule has 0 aliphatic heterocycles. The predicted octanol–water partition coefficient (Wildman–Crippen LogP) is 0.658. The van der Waals surface area contributed by atoms with Gasteiger partial charge in [-0.1, -0.05) is 19.8 Å². The van der Waals surface area contributed by atoms with Crippen molar-refractivity contribution in [3.05, 3.63) is 0 Å². The van der Waals surface area contributed by atoms with Gasteiger partial charge in [-0.2, -0.15) is 0 Å². The van der Waals surface area contributed by atoms with E-state index in [-0.39, 0.29) is 6.15 Å². The summed E-state index contributed by atoms with van der Waals surface area (Å²) in [5.41, 5.74) is 5.21. The van der Waals surface area contributed by atoms with Crippen molar-refractivity contribution in [2.75, 3.05) is 6.54 Å². The minimum absolute atomic E-state index is 0. The van der Waals surface area contributed by atoms with Crippen LogP contribution in [-0.2, 0) is 4.57 Å². The summed E-state index contributed by atoms with van der Waals surface area (Å²) >= 11 is 0. The largest absolute Gasteiger partial charge is 0.344 e. The van der Waals surface area contributed by atoms with Gasteiger partial charge in [0.05, 0.1) is 0 Å². The summed E-state index contributed by atoms with van der Waals surface area (Å²) in [6.45, 7) is 3.03. The third kappa shape index (κ3) is 69.6. The van der Waals surface area contributed by atoms with E-state index in [1.807, 2.05) is 0 Å². The smallest absolute Gasteiger partial charge is 0.314 e. The minimum atomic E-state index is -3.13. The SMILES string of the molecule is CCCCCN.N.O=[PH](O)O. The van der Waals surface area contributed by atoms with E-state index in [2.05, 4.69) is 6.92 Å². The first-order chi connectivity index (χ1) is 4.65. The minimum Gasteiger partial charge on any atom is -0.344 e. The Morgan fingerprint density at radius 3 is 1.82 bits per heavy atom. The molecule has 0 amide bonds. The van der Waals surface area contributed by atoms with E-state index in [1.165, 1.54) is 19.3 Å².